The van der Waals surface area contributed by atoms with Crippen molar-refractivity contribution >= 4 is 11.8 Å². The van der Waals surface area contributed by atoms with E-state index in [1.165, 1.54) is 12.8 Å². The SMILES string of the molecule is CC(CCC(=O)O)C1CCC2[C@H]3CCC4CC(O)CC[C@@]4(C)C3CC(=O)[C@@]12C. The number of carboxylic acids is 1. The molecule has 0 aromatic rings. The fourth-order valence-electron chi connectivity index (χ4n) is 8.44. The van der Waals surface area contributed by atoms with Crippen molar-refractivity contribution in [2.45, 2.75) is 91.1 Å². The first-order valence-corrected chi connectivity index (χ1v) is 11.6. The van der Waals surface area contributed by atoms with E-state index in [9.17, 15) is 14.7 Å². The minimum Gasteiger partial charge on any atom is -0.481 e. The van der Waals surface area contributed by atoms with Gasteiger partial charge in [-0.25, -0.2) is 0 Å². The number of hydrogen-bond donors (Lipinski definition) is 2. The number of aliphatic hydroxyl groups is 1. The van der Waals surface area contributed by atoms with Crippen LogP contribution in [-0.2, 0) is 9.59 Å². The molecule has 9 atom stereocenters. The van der Waals surface area contributed by atoms with Gasteiger partial charge in [0.25, 0.3) is 0 Å². The standard InChI is InChI=1S/C24H38O4/c1-14(4-9-22(27)28)18-7-8-19-17-6-5-15-12-16(25)10-11-23(15,2)20(17)13-21(26)24(18,19)3/h14-20,25H,4-13H2,1-3H3,(H,27,28)/t14?,15?,16?,17-,18?,19?,20?,23-,24+/m1/s1. The van der Waals surface area contributed by atoms with Crippen LogP contribution in [0.25, 0.3) is 0 Å². The Kier molecular flexibility index (Phi) is 5.17. The second-order valence-electron chi connectivity index (χ2n) is 11.1. The lowest BCUT2D eigenvalue weighted by molar-refractivity contribution is -0.160. The van der Waals surface area contributed by atoms with Crippen molar-refractivity contribution in [3.8, 4) is 0 Å². The normalized spacial score (nSPS) is 49.1. The van der Waals surface area contributed by atoms with E-state index in [0.717, 1.165) is 32.1 Å². The summed E-state index contributed by atoms with van der Waals surface area (Å²) in [6, 6.07) is 0. The van der Waals surface area contributed by atoms with Gasteiger partial charge in [0.15, 0.2) is 0 Å². The monoisotopic (exact) mass is 390 g/mol. The summed E-state index contributed by atoms with van der Waals surface area (Å²) in [6.07, 6.45) is 8.96. The molecular formula is C24H38O4. The quantitative estimate of drug-likeness (QED) is 0.730. The lowest BCUT2D eigenvalue weighted by Crippen LogP contribution is -2.57. The Labute approximate surface area is 169 Å². The molecule has 0 heterocycles. The summed E-state index contributed by atoms with van der Waals surface area (Å²) in [5, 5.41) is 19.3. The first-order valence-electron chi connectivity index (χ1n) is 11.6. The van der Waals surface area contributed by atoms with Gasteiger partial charge in [0.05, 0.1) is 6.10 Å². The zero-order valence-electron chi connectivity index (χ0n) is 17.8. The first-order chi connectivity index (χ1) is 13.2. The fourth-order valence-corrected chi connectivity index (χ4v) is 8.44. The molecule has 0 radical (unpaired) electrons. The second kappa shape index (κ2) is 7.11. The van der Waals surface area contributed by atoms with Crippen molar-refractivity contribution in [2.75, 3.05) is 0 Å². The van der Waals surface area contributed by atoms with Crippen LogP contribution in [0.15, 0.2) is 0 Å². The largest absolute Gasteiger partial charge is 0.481 e. The Balaban J connectivity index is 1.57. The number of rotatable bonds is 4. The minimum atomic E-state index is -0.729. The smallest absolute Gasteiger partial charge is 0.303 e. The van der Waals surface area contributed by atoms with E-state index in [1.54, 1.807) is 0 Å². The predicted octanol–water partition coefficient (Wildman–Crippen LogP) is 4.69. The van der Waals surface area contributed by atoms with Crippen molar-refractivity contribution in [1.29, 1.82) is 0 Å². The van der Waals surface area contributed by atoms with Crippen LogP contribution in [0.1, 0.15) is 85.0 Å². The van der Waals surface area contributed by atoms with Crippen LogP contribution in [0.3, 0.4) is 0 Å². The Morgan fingerprint density at radius 2 is 1.89 bits per heavy atom. The molecule has 0 aliphatic heterocycles. The van der Waals surface area contributed by atoms with Crippen LogP contribution in [0.2, 0.25) is 0 Å². The van der Waals surface area contributed by atoms with Crippen LogP contribution in [0, 0.1) is 46.3 Å². The Bertz CT molecular complexity index is 645. The van der Waals surface area contributed by atoms with E-state index in [1.807, 2.05) is 0 Å². The molecule has 0 spiro atoms. The summed E-state index contributed by atoms with van der Waals surface area (Å²) in [5.41, 5.74) is -0.0391. The summed E-state index contributed by atoms with van der Waals surface area (Å²) in [5.74, 6) is 2.52. The number of carboxylic acid groups (broad SMARTS) is 1. The third-order valence-corrected chi connectivity index (χ3v) is 10.1. The van der Waals surface area contributed by atoms with Crippen molar-refractivity contribution < 1.29 is 19.8 Å². The third kappa shape index (κ3) is 2.97. The maximum Gasteiger partial charge on any atom is 0.303 e. The van der Waals surface area contributed by atoms with Gasteiger partial charge in [-0.1, -0.05) is 20.8 Å². The lowest BCUT2D eigenvalue weighted by Gasteiger charge is -2.60. The number of hydrogen-bond acceptors (Lipinski definition) is 3. The van der Waals surface area contributed by atoms with E-state index in [-0.39, 0.29) is 23.4 Å². The van der Waals surface area contributed by atoms with E-state index in [2.05, 4.69) is 20.8 Å². The minimum absolute atomic E-state index is 0.148. The predicted molar refractivity (Wildman–Crippen MR) is 108 cm³/mol. The number of Topliss-reactive ketones (excluding diaryl/α,β-unsaturated/α-hetero) is 1. The molecule has 158 valence electrons. The van der Waals surface area contributed by atoms with E-state index >= 15 is 0 Å². The molecule has 4 aliphatic carbocycles. The van der Waals surface area contributed by atoms with Crippen molar-refractivity contribution in [2.24, 2.45) is 46.3 Å². The van der Waals surface area contributed by atoms with Gasteiger partial charge >= 0.3 is 5.97 Å². The number of carbonyl (C=O) groups excluding carboxylic acids is 1. The summed E-state index contributed by atoms with van der Waals surface area (Å²) in [7, 11) is 0. The Morgan fingerprint density at radius 3 is 2.61 bits per heavy atom. The Hall–Kier alpha value is -0.900. The van der Waals surface area contributed by atoms with Crippen LogP contribution in [0.5, 0.6) is 0 Å². The van der Waals surface area contributed by atoms with Gasteiger partial charge in [0.1, 0.15) is 5.78 Å². The maximum absolute atomic E-state index is 13.6. The van der Waals surface area contributed by atoms with Crippen LogP contribution in [-0.4, -0.2) is 28.1 Å². The van der Waals surface area contributed by atoms with Gasteiger partial charge in [-0.2, -0.15) is 0 Å². The van der Waals surface area contributed by atoms with Crippen molar-refractivity contribution in [3.05, 3.63) is 0 Å². The summed E-state index contributed by atoms with van der Waals surface area (Å²) in [6.45, 7) is 6.81. The molecule has 0 aromatic heterocycles. The highest BCUT2D eigenvalue weighted by molar-refractivity contribution is 5.87. The molecule has 4 aliphatic rings. The molecule has 4 nitrogen and oxygen atoms in total. The number of fused-ring (bicyclic) bond motifs is 5. The highest BCUT2D eigenvalue weighted by Crippen LogP contribution is 2.67. The molecule has 0 aromatic carbocycles. The van der Waals surface area contributed by atoms with Gasteiger partial charge in [-0.15, -0.1) is 0 Å². The van der Waals surface area contributed by atoms with Gasteiger partial charge in [-0.05, 0) is 92.3 Å². The zero-order chi connectivity index (χ0) is 20.3. The van der Waals surface area contributed by atoms with Crippen LogP contribution >= 0.6 is 0 Å². The molecule has 4 saturated carbocycles. The van der Waals surface area contributed by atoms with E-state index in [4.69, 9.17) is 5.11 Å². The summed E-state index contributed by atoms with van der Waals surface area (Å²) in [4.78, 5) is 24.7. The number of aliphatic hydroxyl groups excluding tert-OH is 1. The molecule has 0 amide bonds. The molecule has 28 heavy (non-hydrogen) atoms. The molecule has 6 unspecified atom stereocenters. The van der Waals surface area contributed by atoms with Crippen molar-refractivity contribution in [3.63, 3.8) is 0 Å². The lowest BCUT2D eigenvalue weighted by atomic mass is 9.44. The highest BCUT2D eigenvalue weighted by atomic mass is 16.4. The third-order valence-electron chi connectivity index (χ3n) is 10.1. The van der Waals surface area contributed by atoms with Crippen LogP contribution < -0.4 is 0 Å². The van der Waals surface area contributed by atoms with Crippen molar-refractivity contribution in [1.82, 2.24) is 0 Å². The molecule has 4 rings (SSSR count). The first kappa shape index (κ1) is 20.4. The number of carbonyl (C=O) groups is 2. The van der Waals surface area contributed by atoms with Gasteiger partial charge in [-0.3, -0.25) is 9.59 Å². The molecule has 0 bridgehead atoms. The van der Waals surface area contributed by atoms with Gasteiger partial charge in [0.2, 0.25) is 0 Å². The second-order valence-corrected chi connectivity index (χ2v) is 11.1. The fraction of sp³-hybridized carbons (Fsp3) is 0.917. The topological polar surface area (TPSA) is 74.6 Å². The zero-order valence-corrected chi connectivity index (χ0v) is 17.8. The summed E-state index contributed by atoms with van der Waals surface area (Å²) >= 11 is 0. The molecule has 0 saturated heterocycles. The Morgan fingerprint density at radius 1 is 1.14 bits per heavy atom. The molecule has 2 N–H and O–H groups in total. The van der Waals surface area contributed by atoms with Crippen LogP contribution in [0.4, 0.5) is 0 Å². The van der Waals surface area contributed by atoms with Gasteiger partial charge in [0, 0.05) is 18.3 Å². The number of ketones is 1. The summed E-state index contributed by atoms with van der Waals surface area (Å²) < 4.78 is 0. The van der Waals surface area contributed by atoms with E-state index in [0.29, 0.717) is 54.1 Å². The number of aliphatic carboxylic acids is 1. The molecule has 4 fully saturated rings. The van der Waals surface area contributed by atoms with E-state index < -0.39 is 5.97 Å². The molecule has 4 heteroatoms. The maximum atomic E-state index is 13.6. The molecular weight excluding hydrogens is 352 g/mol. The highest BCUT2D eigenvalue weighted by Gasteiger charge is 2.63. The average Bonchev–Trinajstić information content (AvgIpc) is 3.00. The average molecular weight is 391 g/mol. The van der Waals surface area contributed by atoms with Gasteiger partial charge < -0.3 is 10.2 Å².